The van der Waals surface area contributed by atoms with E-state index in [1.807, 2.05) is 25.1 Å². The highest BCUT2D eigenvalue weighted by atomic mass is 16.6. The average molecular weight is 263 g/mol. The number of ether oxygens (including phenoxy) is 2. The molecule has 2 rings (SSSR count). The Morgan fingerprint density at radius 1 is 1.32 bits per heavy atom. The molecule has 0 aliphatic heterocycles. The van der Waals surface area contributed by atoms with Crippen molar-refractivity contribution in [1.29, 1.82) is 0 Å². The Bertz CT molecular complexity index is 540. The van der Waals surface area contributed by atoms with Gasteiger partial charge in [-0.15, -0.1) is 0 Å². The average Bonchev–Trinajstić information content (AvgIpc) is 2.83. The smallest absolute Gasteiger partial charge is 0.145 e. The maximum Gasteiger partial charge on any atom is 0.145 e. The summed E-state index contributed by atoms with van der Waals surface area (Å²) in [6.45, 7) is 2.69. The lowest BCUT2D eigenvalue weighted by molar-refractivity contribution is 0.268. The molecule has 6 nitrogen and oxygen atoms in total. The van der Waals surface area contributed by atoms with Crippen LogP contribution in [0.1, 0.15) is 17.0 Å². The van der Waals surface area contributed by atoms with E-state index in [0.717, 1.165) is 29.2 Å². The van der Waals surface area contributed by atoms with E-state index in [2.05, 4.69) is 14.9 Å². The molecule has 0 radical (unpaired) electrons. The molecule has 0 aliphatic rings. The molecule has 0 unspecified atom stereocenters. The summed E-state index contributed by atoms with van der Waals surface area (Å²) in [6.07, 6.45) is 0.725. The molecule has 1 aromatic carbocycles. The molecule has 0 spiro atoms. The maximum atomic E-state index is 5.74. The van der Waals surface area contributed by atoms with Crippen LogP contribution in [0, 0.1) is 6.92 Å². The van der Waals surface area contributed by atoms with Crippen LogP contribution in [0.3, 0.4) is 0 Å². The molecular weight excluding hydrogens is 246 g/mol. The third-order valence-corrected chi connectivity index (χ3v) is 2.79. The Kier molecular flexibility index (Phi) is 4.35. The molecule has 0 amide bonds. The Morgan fingerprint density at radius 3 is 2.79 bits per heavy atom. The topological polar surface area (TPSA) is 83.4 Å². The first-order valence-corrected chi connectivity index (χ1v) is 6.02. The fourth-order valence-corrected chi connectivity index (χ4v) is 1.70. The van der Waals surface area contributed by atoms with Crippen LogP contribution in [0.15, 0.2) is 22.8 Å². The van der Waals surface area contributed by atoms with Gasteiger partial charge >= 0.3 is 0 Å². The predicted molar refractivity (Wildman–Crippen MR) is 69.1 cm³/mol. The molecule has 0 bridgehead atoms. The zero-order chi connectivity index (χ0) is 13.7. The fourth-order valence-electron chi connectivity index (χ4n) is 1.70. The van der Waals surface area contributed by atoms with Crippen molar-refractivity contribution in [1.82, 2.24) is 10.3 Å². The normalized spacial score (nSPS) is 10.5. The summed E-state index contributed by atoms with van der Waals surface area (Å²) < 4.78 is 15.6. The summed E-state index contributed by atoms with van der Waals surface area (Å²) in [5.74, 6) is 1.56. The number of benzene rings is 1. The van der Waals surface area contributed by atoms with Gasteiger partial charge in [0.2, 0.25) is 0 Å². The Hall–Kier alpha value is -2.08. The summed E-state index contributed by atoms with van der Waals surface area (Å²) in [5.41, 5.74) is 8.03. The van der Waals surface area contributed by atoms with Gasteiger partial charge in [-0.1, -0.05) is 10.3 Å². The summed E-state index contributed by atoms with van der Waals surface area (Å²) in [7, 11) is 1.63. The van der Waals surface area contributed by atoms with Crippen molar-refractivity contribution in [2.75, 3.05) is 13.7 Å². The van der Waals surface area contributed by atoms with E-state index >= 15 is 0 Å². The number of aromatic nitrogens is 2. The first-order chi connectivity index (χ1) is 9.24. The fraction of sp³-hybridized carbons (Fsp3) is 0.385. The molecule has 0 atom stereocenters. The van der Waals surface area contributed by atoms with E-state index in [1.165, 1.54) is 0 Å². The van der Waals surface area contributed by atoms with Gasteiger partial charge in [-0.3, -0.25) is 0 Å². The number of hydrogen-bond acceptors (Lipinski definition) is 6. The quantitative estimate of drug-likeness (QED) is 0.849. The highest BCUT2D eigenvalue weighted by Gasteiger charge is 2.09. The second kappa shape index (κ2) is 6.19. The van der Waals surface area contributed by atoms with E-state index < -0.39 is 0 Å². The van der Waals surface area contributed by atoms with Gasteiger partial charge in [-0.25, -0.2) is 4.63 Å². The molecule has 102 valence electrons. The van der Waals surface area contributed by atoms with Gasteiger partial charge in [0, 0.05) is 0 Å². The Balaban J connectivity index is 2.12. The van der Waals surface area contributed by atoms with E-state index in [1.54, 1.807) is 7.11 Å². The van der Waals surface area contributed by atoms with Gasteiger partial charge in [-0.2, -0.15) is 0 Å². The van der Waals surface area contributed by atoms with Crippen LogP contribution in [-0.2, 0) is 13.0 Å². The van der Waals surface area contributed by atoms with E-state index in [0.29, 0.717) is 18.8 Å². The third-order valence-electron chi connectivity index (χ3n) is 2.79. The zero-order valence-corrected chi connectivity index (χ0v) is 11.0. The molecule has 2 aromatic rings. The highest BCUT2D eigenvalue weighted by molar-refractivity contribution is 5.40. The van der Waals surface area contributed by atoms with Gasteiger partial charge in [0.05, 0.1) is 7.11 Å². The van der Waals surface area contributed by atoms with Crippen LogP contribution in [0.2, 0.25) is 0 Å². The second-order valence-electron chi connectivity index (χ2n) is 4.10. The lowest BCUT2D eigenvalue weighted by Gasteiger charge is -2.11. The molecule has 6 heteroatoms. The maximum absolute atomic E-state index is 5.74. The van der Waals surface area contributed by atoms with Crippen LogP contribution >= 0.6 is 0 Å². The number of aryl methyl sites for hydroxylation is 1. The zero-order valence-electron chi connectivity index (χ0n) is 11.0. The summed E-state index contributed by atoms with van der Waals surface area (Å²) >= 11 is 0. The minimum Gasteiger partial charge on any atom is -0.497 e. The number of nitrogens with zero attached hydrogens (tertiary/aromatic N) is 2. The number of rotatable bonds is 6. The van der Waals surface area contributed by atoms with Crippen LogP contribution in [0.5, 0.6) is 11.5 Å². The van der Waals surface area contributed by atoms with Crippen LogP contribution in [0.25, 0.3) is 0 Å². The van der Waals surface area contributed by atoms with Crippen molar-refractivity contribution < 1.29 is 14.1 Å². The monoisotopic (exact) mass is 263 g/mol. The van der Waals surface area contributed by atoms with Crippen LogP contribution < -0.4 is 15.2 Å². The molecule has 0 fully saturated rings. The standard InChI is InChI=1S/C13H17N3O3/c1-9-12(16-19-15-9)8-18-13-4-3-11(17-2)7-10(13)5-6-14/h3-4,7H,5-6,8,14H2,1-2H3. The third kappa shape index (κ3) is 3.23. The number of hydrogen-bond donors (Lipinski definition) is 1. The van der Waals surface area contributed by atoms with Crippen molar-refractivity contribution in [2.45, 2.75) is 20.0 Å². The van der Waals surface area contributed by atoms with Gasteiger partial charge in [0.25, 0.3) is 0 Å². The molecule has 2 N–H and O–H groups in total. The SMILES string of the molecule is COc1ccc(OCc2nonc2C)c(CCN)c1. The van der Waals surface area contributed by atoms with Crippen molar-refractivity contribution in [3.63, 3.8) is 0 Å². The first kappa shape index (κ1) is 13.4. The van der Waals surface area contributed by atoms with Gasteiger partial charge in [0.15, 0.2) is 0 Å². The van der Waals surface area contributed by atoms with Crippen LogP contribution in [0.4, 0.5) is 0 Å². The van der Waals surface area contributed by atoms with Crippen LogP contribution in [-0.4, -0.2) is 24.0 Å². The van der Waals surface area contributed by atoms with Gasteiger partial charge in [0.1, 0.15) is 29.5 Å². The van der Waals surface area contributed by atoms with Crippen molar-refractivity contribution in [3.05, 3.63) is 35.2 Å². The summed E-state index contributed by atoms with van der Waals surface area (Å²) in [4.78, 5) is 0. The van der Waals surface area contributed by atoms with Crippen molar-refractivity contribution >= 4 is 0 Å². The predicted octanol–water partition coefficient (Wildman–Crippen LogP) is 1.47. The van der Waals surface area contributed by atoms with Gasteiger partial charge in [-0.05, 0) is 43.7 Å². The molecule has 0 saturated heterocycles. The van der Waals surface area contributed by atoms with Crippen molar-refractivity contribution in [3.8, 4) is 11.5 Å². The summed E-state index contributed by atoms with van der Waals surface area (Å²) in [6, 6.07) is 5.64. The highest BCUT2D eigenvalue weighted by Crippen LogP contribution is 2.25. The van der Waals surface area contributed by atoms with E-state index in [9.17, 15) is 0 Å². The lowest BCUT2D eigenvalue weighted by Crippen LogP contribution is -2.06. The summed E-state index contributed by atoms with van der Waals surface area (Å²) in [5, 5.41) is 7.49. The number of methoxy groups -OCH3 is 1. The molecular formula is C13H17N3O3. The molecule has 1 aromatic heterocycles. The lowest BCUT2D eigenvalue weighted by atomic mass is 10.1. The van der Waals surface area contributed by atoms with E-state index in [4.69, 9.17) is 15.2 Å². The van der Waals surface area contributed by atoms with Gasteiger partial charge < -0.3 is 15.2 Å². The molecule has 19 heavy (non-hydrogen) atoms. The Labute approximate surface area is 111 Å². The molecule has 0 aliphatic carbocycles. The minimum absolute atomic E-state index is 0.319. The second-order valence-corrected chi connectivity index (χ2v) is 4.10. The van der Waals surface area contributed by atoms with E-state index in [-0.39, 0.29) is 0 Å². The number of nitrogens with two attached hydrogens (primary N) is 1. The Morgan fingerprint density at radius 2 is 2.16 bits per heavy atom. The molecule has 1 heterocycles. The van der Waals surface area contributed by atoms with Crippen molar-refractivity contribution in [2.24, 2.45) is 5.73 Å². The largest absolute Gasteiger partial charge is 0.497 e. The first-order valence-electron chi connectivity index (χ1n) is 6.02. The molecule has 0 saturated carbocycles. The minimum atomic E-state index is 0.319.